The molecule has 0 bridgehead atoms. The number of aryl methyl sites for hydroxylation is 1. The Hall–Kier alpha value is -1.06. The summed E-state index contributed by atoms with van der Waals surface area (Å²) in [5.74, 6) is 1.54. The number of hydrogen-bond acceptors (Lipinski definition) is 3. The third-order valence-corrected chi connectivity index (χ3v) is 3.83. The Labute approximate surface area is 122 Å². The molecule has 20 heavy (non-hydrogen) atoms. The summed E-state index contributed by atoms with van der Waals surface area (Å²) in [4.78, 5) is 0. The lowest BCUT2D eigenvalue weighted by atomic mass is 9.91. The van der Waals surface area contributed by atoms with Crippen molar-refractivity contribution < 1.29 is 9.47 Å². The van der Waals surface area contributed by atoms with Crippen molar-refractivity contribution in [3.63, 3.8) is 0 Å². The first-order valence-electron chi connectivity index (χ1n) is 7.46. The molecular weight excluding hydrogens is 250 g/mol. The number of methoxy groups -OCH3 is 1. The molecule has 1 saturated heterocycles. The molecule has 2 atom stereocenters. The Balaban J connectivity index is 2.22. The van der Waals surface area contributed by atoms with Crippen LogP contribution >= 0.6 is 0 Å². The molecule has 0 spiro atoms. The first-order chi connectivity index (χ1) is 9.43. The zero-order valence-electron chi connectivity index (χ0n) is 13.3. The van der Waals surface area contributed by atoms with E-state index in [4.69, 9.17) is 9.47 Å². The van der Waals surface area contributed by atoms with Crippen LogP contribution in [0.15, 0.2) is 18.2 Å². The number of ether oxygens (including phenoxy) is 2. The van der Waals surface area contributed by atoms with Gasteiger partial charge in [-0.1, -0.05) is 25.5 Å². The highest BCUT2D eigenvalue weighted by Crippen LogP contribution is 2.35. The first-order valence-corrected chi connectivity index (χ1v) is 7.46. The van der Waals surface area contributed by atoms with Gasteiger partial charge >= 0.3 is 0 Å². The molecule has 0 radical (unpaired) electrons. The van der Waals surface area contributed by atoms with Gasteiger partial charge < -0.3 is 14.8 Å². The highest BCUT2D eigenvalue weighted by Gasteiger charge is 2.35. The molecule has 1 fully saturated rings. The maximum atomic E-state index is 6.43. The summed E-state index contributed by atoms with van der Waals surface area (Å²) in [6, 6.07) is 6.28. The Bertz CT molecular complexity index is 458. The van der Waals surface area contributed by atoms with Gasteiger partial charge in [0, 0.05) is 18.7 Å². The second-order valence-corrected chi connectivity index (χ2v) is 6.53. The van der Waals surface area contributed by atoms with Gasteiger partial charge in [0.25, 0.3) is 0 Å². The SMILES string of the molecule is COc1ccc(C)cc1C1CNCC(C)(CC(C)C)O1. The summed E-state index contributed by atoms with van der Waals surface area (Å²) in [7, 11) is 1.72. The average molecular weight is 277 g/mol. The Morgan fingerprint density at radius 1 is 1.45 bits per heavy atom. The fraction of sp³-hybridized carbons (Fsp3) is 0.647. The summed E-state index contributed by atoms with van der Waals surface area (Å²) in [5, 5.41) is 3.52. The molecule has 3 heteroatoms. The topological polar surface area (TPSA) is 30.5 Å². The Morgan fingerprint density at radius 3 is 2.85 bits per heavy atom. The summed E-state index contributed by atoms with van der Waals surface area (Å²) >= 11 is 0. The first kappa shape index (κ1) is 15.3. The lowest BCUT2D eigenvalue weighted by Gasteiger charge is -2.41. The number of benzene rings is 1. The summed E-state index contributed by atoms with van der Waals surface area (Å²) in [5.41, 5.74) is 2.28. The Morgan fingerprint density at radius 2 is 2.20 bits per heavy atom. The van der Waals surface area contributed by atoms with Crippen LogP contribution in [-0.2, 0) is 4.74 Å². The third-order valence-electron chi connectivity index (χ3n) is 3.83. The molecule has 2 unspecified atom stereocenters. The van der Waals surface area contributed by atoms with Crippen molar-refractivity contribution in [2.75, 3.05) is 20.2 Å². The van der Waals surface area contributed by atoms with Crippen LogP contribution in [0, 0.1) is 12.8 Å². The van der Waals surface area contributed by atoms with Crippen LogP contribution in [-0.4, -0.2) is 25.8 Å². The van der Waals surface area contributed by atoms with E-state index in [0.29, 0.717) is 5.92 Å². The van der Waals surface area contributed by atoms with Gasteiger partial charge in [-0.05, 0) is 38.3 Å². The van der Waals surface area contributed by atoms with Crippen LogP contribution in [0.25, 0.3) is 0 Å². The van der Waals surface area contributed by atoms with Gasteiger partial charge in [0.1, 0.15) is 5.75 Å². The molecule has 1 aromatic rings. The Kier molecular flexibility index (Phi) is 4.71. The van der Waals surface area contributed by atoms with Gasteiger partial charge in [-0.15, -0.1) is 0 Å². The predicted molar refractivity (Wildman–Crippen MR) is 82.3 cm³/mol. The van der Waals surface area contributed by atoms with Gasteiger partial charge in [0.05, 0.1) is 18.8 Å². The van der Waals surface area contributed by atoms with Crippen molar-refractivity contribution in [2.24, 2.45) is 5.92 Å². The quantitative estimate of drug-likeness (QED) is 0.914. The van der Waals surface area contributed by atoms with E-state index in [1.807, 2.05) is 6.07 Å². The minimum atomic E-state index is -0.105. The average Bonchev–Trinajstić information content (AvgIpc) is 2.37. The zero-order valence-corrected chi connectivity index (χ0v) is 13.3. The summed E-state index contributed by atoms with van der Waals surface area (Å²) in [6.07, 6.45) is 1.12. The molecule has 1 aliphatic rings. The van der Waals surface area contributed by atoms with Crippen molar-refractivity contribution >= 4 is 0 Å². The van der Waals surface area contributed by atoms with Gasteiger partial charge in [-0.25, -0.2) is 0 Å². The number of rotatable bonds is 4. The van der Waals surface area contributed by atoms with Crippen LogP contribution in [0.5, 0.6) is 5.75 Å². The van der Waals surface area contributed by atoms with Crippen molar-refractivity contribution in [1.82, 2.24) is 5.32 Å². The molecule has 1 aliphatic heterocycles. The van der Waals surface area contributed by atoms with Gasteiger partial charge in [-0.2, -0.15) is 0 Å². The normalized spacial score (nSPS) is 26.8. The fourth-order valence-electron chi connectivity index (χ4n) is 3.16. The van der Waals surface area contributed by atoms with Crippen LogP contribution in [0.3, 0.4) is 0 Å². The lowest BCUT2D eigenvalue weighted by molar-refractivity contribution is -0.117. The second-order valence-electron chi connectivity index (χ2n) is 6.53. The van der Waals surface area contributed by atoms with E-state index in [-0.39, 0.29) is 11.7 Å². The van der Waals surface area contributed by atoms with E-state index in [9.17, 15) is 0 Å². The van der Waals surface area contributed by atoms with E-state index in [1.165, 1.54) is 5.56 Å². The molecule has 0 saturated carbocycles. The zero-order chi connectivity index (χ0) is 14.8. The standard InChI is InChI=1S/C17H27NO2/c1-12(2)9-17(4)11-18-10-16(20-17)14-8-13(3)6-7-15(14)19-5/h6-8,12,16,18H,9-11H2,1-5H3. The van der Waals surface area contributed by atoms with Crippen molar-refractivity contribution in [2.45, 2.75) is 45.8 Å². The van der Waals surface area contributed by atoms with E-state index < -0.39 is 0 Å². The van der Waals surface area contributed by atoms with Crippen LogP contribution in [0.4, 0.5) is 0 Å². The molecule has 112 valence electrons. The molecule has 3 nitrogen and oxygen atoms in total. The predicted octanol–water partition coefficient (Wildman–Crippen LogP) is 3.47. The number of morpholine rings is 1. The van der Waals surface area contributed by atoms with Gasteiger partial charge in [-0.3, -0.25) is 0 Å². The summed E-state index contributed by atoms with van der Waals surface area (Å²) in [6.45, 7) is 10.5. The maximum absolute atomic E-state index is 6.43. The lowest BCUT2D eigenvalue weighted by Crippen LogP contribution is -2.49. The van der Waals surface area contributed by atoms with Crippen molar-refractivity contribution in [3.8, 4) is 5.75 Å². The van der Waals surface area contributed by atoms with E-state index >= 15 is 0 Å². The molecule has 1 N–H and O–H groups in total. The van der Waals surface area contributed by atoms with Crippen molar-refractivity contribution in [1.29, 1.82) is 0 Å². The molecule has 0 aliphatic carbocycles. The monoisotopic (exact) mass is 277 g/mol. The third kappa shape index (κ3) is 3.53. The van der Waals surface area contributed by atoms with E-state index in [1.54, 1.807) is 7.11 Å². The minimum absolute atomic E-state index is 0.0577. The van der Waals surface area contributed by atoms with Crippen LogP contribution < -0.4 is 10.1 Å². The van der Waals surface area contributed by atoms with Crippen LogP contribution in [0.1, 0.15) is 44.4 Å². The smallest absolute Gasteiger partial charge is 0.124 e. The molecule has 0 aromatic heterocycles. The van der Waals surface area contributed by atoms with Gasteiger partial charge in [0.15, 0.2) is 0 Å². The maximum Gasteiger partial charge on any atom is 0.124 e. The molecule has 0 amide bonds. The fourth-order valence-corrected chi connectivity index (χ4v) is 3.16. The highest BCUT2D eigenvalue weighted by atomic mass is 16.5. The van der Waals surface area contributed by atoms with Crippen molar-refractivity contribution in [3.05, 3.63) is 29.3 Å². The number of hydrogen-bond donors (Lipinski definition) is 1. The van der Waals surface area contributed by atoms with Gasteiger partial charge in [0.2, 0.25) is 0 Å². The largest absolute Gasteiger partial charge is 0.496 e. The highest BCUT2D eigenvalue weighted by molar-refractivity contribution is 5.39. The molecular formula is C17H27NO2. The van der Waals surface area contributed by atoms with Crippen LogP contribution in [0.2, 0.25) is 0 Å². The summed E-state index contributed by atoms with van der Waals surface area (Å²) < 4.78 is 11.9. The number of nitrogens with one attached hydrogen (secondary N) is 1. The van der Waals surface area contributed by atoms with E-state index in [2.05, 4.69) is 45.1 Å². The second kappa shape index (κ2) is 6.15. The molecule has 1 heterocycles. The molecule has 1 aromatic carbocycles. The molecule has 2 rings (SSSR count). The minimum Gasteiger partial charge on any atom is -0.496 e. The van der Waals surface area contributed by atoms with E-state index in [0.717, 1.165) is 30.8 Å².